The monoisotopic (exact) mass is 363 g/mol. The fraction of sp³-hybridized carbons (Fsp3) is 0.0556. The standard InChI is InChI=1S/C18H12F3NO2S/c19-15-6-5-11(8-17(15)21)14-2-1-7-22-18(14)12-3-4-13(10-25(23)24)16(20)9-12/h1-9H,10H2,(H,23,24). The summed E-state index contributed by atoms with van der Waals surface area (Å²) in [6.45, 7) is 0. The summed E-state index contributed by atoms with van der Waals surface area (Å²) in [6.07, 6.45) is 1.51. The Kier molecular flexibility index (Phi) is 4.96. The van der Waals surface area contributed by atoms with Crippen LogP contribution in [0.15, 0.2) is 54.7 Å². The summed E-state index contributed by atoms with van der Waals surface area (Å²) >= 11 is -2.15. The minimum Gasteiger partial charge on any atom is -0.306 e. The van der Waals surface area contributed by atoms with Crippen molar-refractivity contribution in [3.05, 3.63) is 77.7 Å². The van der Waals surface area contributed by atoms with Crippen LogP contribution in [-0.4, -0.2) is 13.7 Å². The molecule has 0 aliphatic heterocycles. The summed E-state index contributed by atoms with van der Waals surface area (Å²) in [5, 5.41) is 0. The van der Waals surface area contributed by atoms with Gasteiger partial charge in [-0.25, -0.2) is 17.4 Å². The molecular weight excluding hydrogens is 351 g/mol. The fourth-order valence-electron chi connectivity index (χ4n) is 2.48. The number of hydrogen-bond acceptors (Lipinski definition) is 2. The van der Waals surface area contributed by atoms with Crippen LogP contribution in [0.2, 0.25) is 0 Å². The van der Waals surface area contributed by atoms with Gasteiger partial charge in [-0.05, 0) is 29.8 Å². The predicted octanol–water partition coefficient (Wildman–Crippen LogP) is 4.55. The number of aromatic nitrogens is 1. The van der Waals surface area contributed by atoms with Crippen molar-refractivity contribution >= 4 is 11.1 Å². The van der Waals surface area contributed by atoms with E-state index >= 15 is 0 Å². The van der Waals surface area contributed by atoms with Crippen LogP contribution >= 0.6 is 0 Å². The molecule has 0 aliphatic carbocycles. The molecule has 1 atom stereocenters. The van der Waals surface area contributed by atoms with Crippen LogP contribution < -0.4 is 0 Å². The van der Waals surface area contributed by atoms with Crippen LogP contribution in [0.1, 0.15) is 5.56 Å². The van der Waals surface area contributed by atoms with Gasteiger partial charge in [0.05, 0.1) is 11.4 Å². The first kappa shape index (κ1) is 17.3. The lowest BCUT2D eigenvalue weighted by molar-refractivity contribution is 0.509. The van der Waals surface area contributed by atoms with Gasteiger partial charge in [0.2, 0.25) is 0 Å². The van der Waals surface area contributed by atoms with Crippen molar-refractivity contribution in [2.24, 2.45) is 0 Å². The molecule has 3 aromatic rings. The molecule has 1 aromatic heterocycles. The van der Waals surface area contributed by atoms with E-state index < -0.39 is 28.5 Å². The van der Waals surface area contributed by atoms with Gasteiger partial charge >= 0.3 is 0 Å². The molecule has 0 saturated heterocycles. The summed E-state index contributed by atoms with van der Waals surface area (Å²) in [5.41, 5.74) is 1.84. The second-order valence-electron chi connectivity index (χ2n) is 5.30. The Labute approximate surface area is 144 Å². The van der Waals surface area contributed by atoms with Gasteiger partial charge in [-0.3, -0.25) is 4.98 Å². The first-order chi connectivity index (χ1) is 12.0. The lowest BCUT2D eigenvalue weighted by atomic mass is 9.98. The van der Waals surface area contributed by atoms with E-state index in [-0.39, 0.29) is 11.3 Å². The first-order valence-electron chi connectivity index (χ1n) is 7.22. The fourth-order valence-corrected chi connectivity index (χ4v) is 2.98. The highest BCUT2D eigenvalue weighted by Crippen LogP contribution is 2.31. The van der Waals surface area contributed by atoms with E-state index in [1.807, 2.05) is 0 Å². The highest BCUT2D eigenvalue weighted by Gasteiger charge is 2.13. The molecule has 0 bridgehead atoms. The Hall–Kier alpha value is -2.51. The lowest BCUT2D eigenvalue weighted by Gasteiger charge is -2.10. The van der Waals surface area contributed by atoms with Gasteiger partial charge in [-0.2, -0.15) is 0 Å². The predicted molar refractivity (Wildman–Crippen MR) is 89.5 cm³/mol. The number of benzene rings is 2. The topological polar surface area (TPSA) is 50.2 Å². The maximum Gasteiger partial charge on any atom is 0.159 e. The number of nitrogens with zero attached hydrogens (tertiary/aromatic N) is 1. The summed E-state index contributed by atoms with van der Waals surface area (Å²) in [6, 6.07) is 11.0. The normalized spacial score (nSPS) is 12.2. The largest absolute Gasteiger partial charge is 0.306 e. The summed E-state index contributed by atoms with van der Waals surface area (Å²) in [7, 11) is 0. The van der Waals surface area contributed by atoms with Crippen molar-refractivity contribution in [3.63, 3.8) is 0 Å². The quantitative estimate of drug-likeness (QED) is 0.692. The van der Waals surface area contributed by atoms with Crippen LogP contribution in [0.4, 0.5) is 13.2 Å². The molecule has 25 heavy (non-hydrogen) atoms. The van der Waals surface area contributed by atoms with Crippen molar-refractivity contribution in [1.82, 2.24) is 4.98 Å². The maximum atomic E-state index is 14.2. The zero-order valence-electron chi connectivity index (χ0n) is 12.7. The van der Waals surface area contributed by atoms with Gasteiger partial charge in [-0.1, -0.05) is 24.3 Å². The molecule has 1 N–H and O–H groups in total. The molecule has 3 nitrogen and oxygen atoms in total. The van der Waals surface area contributed by atoms with Crippen LogP contribution in [-0.2, 0) is 16.8 Å². The Morgan fingerprint density at radius 2 is 1.64 bits per heavy atom. The minimum absolute atomic E-state index is 0.106. The molecule has 0 spiro atoms. The van der Waals surface area contributed by atoms with Crippen molar-refractivity contribution < 1.29 is 21.9 Å². The van der Waals surface area contributed by atoms with Gasteiger partial charge in [0.25, 0.3) is 0 Å². The van der Waals surface area contributed by atoms with Gasteiger partial charge in [-0.15, -0.1) is 0 Å². The van der Waals surface area contributed by atoms with E-state index in [1.165, 1.54) is 24.4 Å². The van der Waals surface area contributed by atoms with Gasteiger partial charge in [0, 0.05) is 22.9 Å². The Morgan fingerprint density at radius 3 is 2.32 bits per heavy atom. The highest BCUT2D eigenvalue weighted by atomic mass is 32.2. The molecule has 7 heteroatoms. The molecule has 0 aliphatic rings. The minimum atomic E-state index is -2.15. The smallest absolute Gasteiger partial charge is 0.159 e. The highest BCUT2D eigenvalue weighted by molar-refractivity contribution is 7.78. The zero-order valence-corrected chi connectivity index (χ0v) is 13.6. The summed E-state index contributed by atoms with van der Waals surface area (Å²) in [4.78, 5) is 4.22. The van der Waals surface area contributed by atoms with E-state index in [4.69, 9.17) is 4.55 Å². The molecular formula is C18H12F3NO2S. The van der Waals surface area contributed by atoms with Gasteiger partial charge in [0.1, 0.15) is 5.82 Å². The molecule has 0 fully saturated rings. The van der Waals surface area contributed by atoms with Crippen LogP contribution in [0, 0.1) is 17.5 Å². The number of rotatable bonds is 4. The molecule has 0 radical (unpaired) electrons. The van der Waals surface area contributed by atoms with Crippen LogP contribution in [0.3, 0.4) is 0 Å². The third kappa shape index (κ3) is 3.78. The van der Waals surface area contributed by atoms with E-state index in [9.17, 15) is 17.4 Å². The van der Waals surface area contributed by atoms with E-state index in [0.29, 0.717) is 22.4 Å². The van der Waals surface area contributed by atoms with Crippen molar-refractivity contribution in [2.75, 3.05) is 0 Å². The molecule has 1 unspecified atom stereocenters. The van der Waals surface area contributed by atoms with E-state index in [0.717, 1.165) is 12.1 Å². The second kappa shape index (κ2) is 7.16. The molecule has 128 valence electrons. The van der Waals surface area contributed by atoms with Crippen molar-refractivity contribution in [3.8, 4) is 22.4 Å². The number of hydrogen-bond donors (Lipinski definition) is 1. The van der Waals surface area contributed by atoms with E-state index in [1.54, 1.807) is 18.2 Å². The third-order valence-corrected chi connectivity index (χ3v) is 4.20. The maximum absolute atomic E-state index is 14.2. The molecule has 0 saturated carbocycles. The molecule has 2 aromatic carbocycles. The van der Waals surface area contributed by atoms with Gasteiger partial charge in [0.15, 0.2) is 22.7 Å². The number of pyridine rings is 1. The Bertz CT molecular complexity index is 963. The Morgan fingerprint density at radius 1 is 0.920 bits per heavy atom. The molecule has 0 amide bonds. The average Bonchev–Trinajstić information content (AvgIpc) is 2.59. The van der Waals surface area contributed by atoms with Crippen molar-refractivity contribution in [1.29, 1.82) is 0 Å². The van der Waals surface area contributed by atoms with E-state index in [2.05, 4.69) is 4.98 Å². The summed E-state index contributed by atoms with van der Waals surface area (Å²) in [5.74, 6) is -2.90. The Balaban J connectivity index is 2.08. The summed E-state index contributed by atoms with van der Waals surface area (Å²) < 4.78 is 60.6. The third-order valence-electron chi connectivity index (χ3n) is 3.64. The average molecular weight is 363 g/mol. The lowest BCUT2D eigenvalue weighted by Crippen LogP contribution is -1.98. The number of halogens is 3. The van der Waals surface area contributed by atoms with Crippen LogP contribution in [0.25, 0.3) is 22.4 Å². The first-order valence-corrected chi connectivity index (χ1v) is 8.50. The second-order valence-corrected chi connectivity index (χ2v) is 6.23. The molecule has 1 heterocycles. The SMILES string of the molecule is O=S(O)Cc1ccc(-c2ncccc2-c2ccc(F)c(F)c2)cc1F. The van der Waals surface area contributed by atoms with Gasteiger partial charge < -0.3 is 4.55 Å². The zero-order chi connectivity index (χ0) is 18.0. The van der Waals surface area contributed by atoms with Crippen molar-refractivity contribution in [2.45, 2.75) is 5.75 Å². The molecule has 3 rings (SSSR count). The van der Waals surface area contributed by atoms with Crippen LogP contribution in [0.5, 0.6) is 0 Å².